The molecule has 0 aromatic heterocycles. The Bertz CT molecular complexity index is 342. The van der Waals surface area contributed by atoms with Gasteiger partial charge in [-0.2, -0.15) is 0 Å². The molecule has 150 valence electrons. The average molecular weight is 353 g/mol. The Balaban J connectivity index is 2.60. The van der Waals surface area contributed by atoms with Crippen molar-refractivity contribution in [1.82, 2.24) is 0 Å². The molecule has 1 saturated carbocycles. The molecule has 1 aliphatic rings. The first-order chi connectivity index (χ1) is 11.7. The Labute approximate surface area is 160 Å². The smallest absolute Gasteiger partial charge is 0.0809 e. The molecule has 1 heteroatoms. The number of hydrogen-bond acceptors (Lipinski definition) is 0. The lowest BCUT2D eigenvalue weighted by Crippen LogP contribution is -2.41. The molecule has 0 aromatic carbocycles. The van der Waals surface area contributed by atoms with E-state index in [-0.39, 0.29) is 0 Å². The zero-order valence-electron chi connectivity index (χ0n) is 19.0. The highest BCUT2D eigenvalue weighted by molar-refractivity contribution is 4.78. The van der Waals surface area contributed by atoms with Gasteiger partial charge in [0.25, 0.3) is 0 Å². The van der Waals surface area contributed by atoms with Crippen LogP contribution in [-0.4, -0.2) is 32.2 Å². The Morgan fingerprint density at radius 2 is 1.48 bits per heavy atom. The summed E-state index contributed by atoms with van der Waals surface area (Å²) in [6.45, 7) is 13.7. The second kappa shape index (κ2) is 11.0. The predicted molar refractivity (Wildman–Crippen MR) is 114 cm³/mol. The van der Waals surface area contributed by atoms with Crippen LogP contribution in [0.15, 0.2) is 0 Å². The first kappa shape index (κ1) is 23.0. The highest BCUT2D eigenvalue weighted by Crippen LogP contribution is 2.38. The van der Waals surface area contributed by atoms with Gasteiger partial charge in [0.05, 0.1) is 27.7 Å². The summed E-state index contributed by atoms with van der Waals surface area (Å²) in [5.41, 5.74) is 0. The van der Waals surface area contributed by atoms with Gasteiger partial charge >= 0.3 is 0 Å². The standard InChI is InChI=1S/C24H50N/c1-9-22-13-11-12-14-24(16-15-22)23(10-2)17-19(3)21(5)20(4)18-25(6,7)8/h19-24H,9-18H2,1-8H3/q+1. The van der Waals surface area contributed by atoms with E-state index in [0.717, 1.165) is 40.0 Å². The number of rotatable bonds is 9. The summed E-state index contributed by atoms with van der Waals surface area (Å²) in [5.74, 6) is 5.49. The van der Waals surface area contributed by atoms with E-state index in [1.165, 1.54) is 64.3 Å². The van der Waals surface area contributed by atoms with Crippen molar-refractivity contribution in [3.8, 4) is 0 Å². The lowest BCUT2D eigenvalue weighted by molar-refractivity contribution is -0.874. The van der Waals surface area contributed by atoms with Gasteiger partial charge in [-0.25, -0.2) is 0 Å². The molecule has 6 atom stereocenters. The van der Waals surface area contributed by atoms with Gasteiger partial charge in [-0.1, -0.05) is 79.6 Å². The van der Waals surface area contributed by atoms with E-state index < -0.39 is 0 Å². The highest BCUT2D eigenvalue weighted by Gasteiger charge is 2.29. The molecule has 1 fully saturated rings. The van der Waals surface area contributed by atoms with Crippen molar-refractivity contribution < 1.29 is 4.48 Å². The van der Waals surface area contributed by atoms with Crippen LogP contribution in [0.25, 0.3) is 0 Å². The Kier molecular flexibility index (Phi) is 10.1. The first-order valence-electron chi connectivity index (χ1n) is 11.5. The third-order valence-corrected chi connectivity index (χ3v) is 7.46. The van der Waals surface area contributed by atoms with Crippen LogP contribution in [-0.2, 0) is 0 Å². The van der Waals surface area contributed by atoms with E-state index in [1.54, 1.807) is 0 Å². The van der Waals surface area contributed by atoms with Crippen molar-refractivity contribution in [2.75, 3.05) is 27.7 Å². The molecular weight excluding hydrogens is 302 g/mol. The lowest BCUT2D eigenvalue weighted by atomic mass is 9.72. The summed E-state index contributed by atoms with van der Waals surface area (Å²) in [4.78, 5) is 0. The topological polar surface area (TPSA) is 0 Å². The normalized spacial score (nSPS) is 27.8. The number of hydrogen-bond donors (Lipinski definition) is 0. The van der Waals surface area contributed by atoms with Gasteiger partial charge in [-0.05, 0) is 42.4 Å². The third kappa shape index (κ3) is 8.46. The molecule has 0 radical (unpaired) electrons. The molecule has 0 aliphatic heterocycles. The van der Waals surface area contributed by atoms with E-state index in [1.807, 2.05) is 0 Å². The average Bonchev–Trinajstić information content (AvgIpc) is 2.50. The van der Waals surface area contributed by atoms with Gasteiger partial charge in [0.1, 0.15) is 0 Å². The molecule has 25 heavy (non-hydrogen) atoms. The first-order valence-corrected chi connectivity index (χ1v) is 11.5. The summed E-state index contributed by atoms with van der Waals surface area (Å²) in [6, 6.07) is 0. The predicted octanol–water partition coefficient (Wildman–Crippen LogP) is 7.01. The van der Waals surface area contributed by atoms with Crippen LogP contribution in [0.2, 0.25) is 0 Å². The number of quaternary nitrogens is 1. The van der Waals surface area contributed by atoms with Crippen molar-refractivity contribution in [2.45, 2.75) is 92.4 Å². The minimum absolute atomic E-state index is 0.814. The van der Waals surface area contributed by atoms with E-state index in [9.17, 15) is 0 Å². The van der Waals surface area contributed by atoms with Crippen LogP contribution in [0.4, 0.5) is 0 Å². The molecule has 6 unspecified atom stereocenters. The summed E-state index contributed by atoms with van der Waals surface area (Å²) >= 11 is 0. The summed E-state index contributed by atoms with van der Waals surface area (Å²) in [5, 5.41) is 0. The monoisotopic (exact) mass is 352 g/mol. The van der Waals surface area contributed by atoms with Crippen LogP contribution in [0, 0.1) is 35.5 Å². The molecule has 1 nitrogen and oxygen atoms in total. The van der Waals surface area contributed by atoms with Crippen LogP contribution in [0.5, 0.6) is 0 Å². The number of nitrogens with zero attached hydrogens (tertiary/aromatic N) is 1. The van der Waals surface area contributed by atoms with Gasteiger partial charge in [-0.3, -0.25) is 0 Å². The maximum absolute atomic E-state index is 2.54. The maximum Gasteiger partial charge on any atom is 0.0809 e. The van der Waals surface area contributed by atoms with E-state index >= 15 is 0 Å². The SMILES string of the molecule is CCC1CCCCC(C(CC)CC(C)C(C)C(C)C[N+](C)(C)C)CC1. The van der Waals surface area contributed by atoms with Crippen LogP contribution in [0.1, 0.15) is 92.4 Å². The maximum atomic E-state index is 2.54. The molecule has 0 bridgehead atoms. The fourth-order valence-electron chi connectivity index (χ4n) is 5.43. The second-order valence-electron chi connectivity index (χ2n) is 10.6. The largest absolute Gasteiger partial charge is 0.331 e. The van der Waals surface area contributed by atoms with Gasteiger partial charge < -0.3 is 4.48 Å². The van der Waals surface area contributed by atoms with Gasteiger partial charge in [-0.15, -0.1) is 0 Å². The minimum atomic E-state index is 0.814. The van der Waals surface area contributed by atoms with E-state index in [2.05, 4.69) is 55.8 Å². The Morgan fingerprint density at radius 1 is 0.840 bits per heavy atom. The van der Waals surface area contributed by atoms with Gasteiger partial charge in [0.15, 0.2) is 0 Å². The molecule has 1 rings (SSSR count). The molecule has 0 heterocycles. The fourth-order valence-corrected chi connectivity index (χ4v) is 5.43. The molecular formula is C24H50N+. The van der Waals surface area contributed by atoms with Gasteiger partial charge in [0.2, 0.25) is 0 Å². The quantitative estimate of drug-likeness (QED) is 0.391. The van der Waals surface area contributed by atoms with Crippen LogP contribution < -0.4 is 0 Å². The van der Waals surface area contributed by atoms with Crippen molar-refractivity contribution >= 4 is 0 Å². The van der Waals surface area contributed by atoms with Gasteiger partial charge in [0, 0.05) is 5.92 Å². The highest BCUT2D eigenvalue weighted by atomic mass is 15.3. The van der Waals surface area contributed by atoms with Crippen LogP contribution in [0.3, 0.4) is 0 Å². The second-order valence-corrected chi connectivity index (χ2v) is 10.6. The summed E-state index contributed by atoms with van der Waals surface area (Å²) < 4.78 is 1.09. The zero-order chi connectivity index (χ0) is 19.0. The van der Waals surface area contributed by atoms with Crippen molar-refractivity contribution in [3.63, 3.8) is 0 Å². The molecule has 0 N–H and O–H groups in total. The van der Waals surface area contributed by atoms with Crippen molar-refractivity contribution in [1.29, 1.82) is 0 Å². The van der Waals surface area contributed by atoms with E-state index in [4.69, 9.17) is 0 Å². The zero-order valence-corrected chi connectivity index (χ0v) is 19.0. The minimum Gasteiger partial charge on any atom is -0.331 e. The van der Waals surface area contributed by atoms with Crippen LogP contribution >= 0.6 is 0 Å². The van der Waals surface area contributed by atoms with Crippen molar-refractivity contribution in [3.05, 3.63) is 0 Å². The molecule has 1 aliphatic carbocycles. The fraction of sp³-hybridized carbons (Fsp3) is 1.00. The molecule has 0 spiro atoms. The summed E-state index contributed by atoms with van der Waals surface area (Å²) in [6.07, 6.45) is 13.2. The lowest BCUT2D eigenvalue weighted by Gasteiger charge is -2.36. The summed E-state index contributed by atoms with van der Waals surface area (Å²) in [7, 11) is 7.00. The van der Waals surface area contributed by atoms with Crippen molar-refractivity contribution in [2.24, 2.45) is 35.5 Å². The Morgan fingerprint density at radius 3 is 2.04 bits per heavy atom. The van der Waals surface area contributed by atoms with E-state index in [0.29, 0.717) is 0 Å². The Hall–Kier alpha value is -0.0400. The molecule has 0 aromatic rings. The molecule has 0 saturated heterocycles. The third-order valence-electron chi connectivity index (χ3n) is 7.46. The molecule has 0 amide bonds.